The number of amides is 1. The molecule has 2 rings (SSSR count). The Labute approximate surface area is 152 Å². The van der Waals surface area contributed by atoms with Gasteiger partial charge < -0.3 is 19.9 Å². The molecule has 1 amide bonds. The van der Waals surface area contributed by atoms with E-state index < -0.39 is 11.5 Å². The molecule has 1 heterocycles. The molecule has 7 heteroatoms. The fraction of sp³-hybridized carbons (Fsp3) is 0.556. The Morgan fingerprint density at radius 3 is 2.52 bits per heavy atom. The third-order valence-corrected chi connectivity index (χ3v) is 4.69. The molecular weight excluding hydrogens is 346 g/mol. The van der Waals surface area contributed by atoms with Crippen LogP contribution in [0.3, 0.4) is 0 Å². The van der Waals surface area contributed by atoms with Gasteiger partial charge in [-0.2, -0.15) is 0 Å². The van der Waals surface area contributed by atoms with Crippen molar-refractivity contribution in [2.75, 3.05) is 19.8 Å². The first-order chi connectivity index (χ1) is 12.0. The second-order valence-corrected chi connectivity index (χ2v) is 6.49. The number of carbonyl (C=O) groups is 2. The third kappa shape index (κ3) is 5.17. The summed E-state index contributed by atoms with van der Waals surface area (Å²) in [5.41, 5.74) is -0.981. The van der Waals surface area contributed by atoms with Crippen molar-refractivity contribution in [3.8, 4) is 0 Å². The molecule has 1 atom stereocenters. The van der Waals surface area contributed by atoms with E-state index in [1.54, 1.807) is 31.2 Å². The van der Waals surface area contributed by atoms with Crippen molar-refractivity contribution in [1.82, 2.24) is 5.32 Å². The van der Waals surface area contributed by atoms with E-state index in [4.69, 9.17) is 21.1 Å². The molecular formula is C18H24ClNO5. The van der Waals surface area contributed by atoms with Crippen LogP contribution in [0, 0.1) is 0 Å². The summed E-state index contributed by atoms with van der Waals surface area (Å²) in [5, 5.41) is 12.9. The summed E-state index contributed by atoms with van der Waals surface area (Å²) in [6.45, 7) is 3.33. The quantitative estimate of drug-likeness (QED) is 0.736. The van der Waals surface area contributed by atoms with Crippen molar-refractivity contribution in [3.05, 3.63) is 34.9 Å². The van der Waals surface area contributed by atoms with Gasteiger partial charge in [-0.1, -0.05) is 30.7 Å². The molecule has 0 bridgehead atoms. The first-order valence-corrected chi connectivity index (χ1v) is 8.85. The van der Waals surface area contributed by atoms with Crippen molar-refractivity contribution >= 4 is 23.5 Å². The van der Waals surface area contributed by atoms with Crippen LogP contribution in [0.15, 0.2) is 24.3 Å². The first kappa shape index (κ1) is 19.7. The van der Waals surface area contributed by atoms with Gasteiger partial charge in [0.1, 0.15) is 0 Å². The molecule has 6 nitrogen and oxygen atoms in total. The number of aliphatic carboxylic acids is 1. The maximum atomic E-state index is 12.3. The van der Waals surface area contributed by atoms with Crippen molar-refractivity contribution in [1.29, 1.82) is 0 Å². The van der Waals surface area contributed by atoms with E-state index in [0.29, 0.717) is 23.8 Å². The van der Waals surface area contributed by atoms with Gasteiger partial charge in [-0.3, -0.25) is 4.79 Å². The van der Waals surface area contributed by atoms with Gasteiger partial charge >= 0.3 is 5.97 Å². The molecule has 25 heavy (non-hydrogen) atoms. The number of halogens is 1. The monoisotopic (exact) mass is 369 g/mol. The Morgan fingerprint density at radius 1 is 1.32 bits per heavy atom. The van der Waals surface area contributed by atoms with Crippen molar-refractivity contribution in [3.63, 3.8) is 0 Å². The largest absolute Gasteiger partial charge is 0.479 e. The fourth-order valence-electron chi connectivity index (χ4n) is 2.89. The number of nitrogens with one attached hydrogen (secondary N) is 1. The van der Waals surface area contributed by atoms with Crippen LogP contribution in [0.4, 0.5) is 0 Å². The van der Waals surface area contributed by atoms with Crippen LogP contribution in [0.1, 0.15) is 38.2 Å². The highest BCUT2D eigenvalue weighted by Crippen LogP contribution is 2.27. The molecule has 1 aliphatic rings. The molecule has 1 fully saturated rings. The summed E-state index contributed by atoms with van der Waals surface area (Å²) in [7, 11) is 0. The SMILES string of the molecule is CCC(NC(=O)CCOC1CCOCC1)(C(=O)O)c1ccc(Cl)cc1. The van der Waals surface area contributed by atoms with Gasteiger partial charge in [0.05, 0.1) is 19.1 Å². The summed E-state index contributed by atoms with van der Waals surface area (Å²) in [6, 6.07) is 6.48. The van der Waals surface area contributed by atoms with Gasteiger partial charge in [-0.05, 0) is 37.0 Å². The molecule has 0 aromatic heterocycles. The predicted molar refractivity (Wildman–Crippen MR) is 93.6 cm³/mol. The Bertz CT molecular complexity index is 586. The lowest BCUT2D eigenvalue weighted by atomic mass is 9.87. The number of hydrogen-bond donors (Lipinski definition) is 2. The first-order valence-electron chi connectivity index (χ1n) is 8.47. The molecule has 0 aliphatic carbocycles. The Kier molecular flexibility index (Phi) is 7.23. The van der Waals surface area contributed by atoms with Gasteiger partial charge in [0.15, 0.2) is 5.54 Å². The van der Waals surface area contributed by atoms with E-state index in [1.807, 2.05) is 0 Å². The lowest BCUT2D eigenvalue weighted by Crippen LogP contribution is -2.51. The molecule has 2 N–H and O–H groups in total. The van der Waals surface area contributed by atoms with Crippen LogP contribution in [0.5, 0.6) is 0 Å². The van der Waals surface area contributed by atoms with E-state index in [1.165, 1.54) is 0 Å². The van der Waals surface area contributed by atoms with Crippen LogP contribution in [-0.4, -0.2) is 42.9 Å². The second kappa shape index (κ2) is 9.17. The van der Waals surface area contributed by atoms with Crippen molar-refractivity contribution in [2.45, 2.75) is 44.2 Å². The summed E-state index contributed by atoms with van der Waals surface area (Å²) in [5.74, 6) is -1.46. The highest BCUT2D eigenvalue weighted by molar-refractivity contribution is 6.30. The molecule has 0 spiro atoms. The van der Waals surface area contributed by atoms with E-state index in [9.17, 15) is 14.7 Å². The highest BCUT2D eigenvalue weighted by Gasteiger charge is 2.40. The third-order valence-electron chi connectivity index (χ3n) is 4.44. The average Bonchev–Trinajstić information content (AvgIpc) is 2.61. The van der Waals surface area contributed by atoms with Crippen molar-refractivity contribution < 1.29 is 24.2 Å². The summed E-state index contributed by atoms with van der Waals surface area (Å²) in [6.07, 6.45) is 2.07. The van der Waals surface area contributed by atoms with Gasteiger partial charge in [0, 0.05) is 18.2 Å². The zero-order valence-corrected chi connectivity index (χ0v) is 15.1. The lowest BCUT2D eigenvalue weighted by molar-refractivity contribution is -0.148. The van der Waals surface area contributed by atoms with Gasteiger partial charge in [-0.25, -0.2) is 4.79 Å². The molecule has 1 aromatic carbocycles. The van der Waals surface area contributed by atoms with E-state index >= 15 is 0 Å². The fourth-order valence-corrected chi connectivity index (χ4v) is 3.01. The van der Waals surface area contributed by atoms with Gasteiger partial charge in [0.2, 0.25) is 5.91 Å². The Balaban J connectivity index is 1.97. The Hall–Kier alpha value is -1.63. The highest BCUT2D eigenvalue weighted by atomic mass is 35.5. The summed E-state index contributed by atoms with van der Waals surface area (Å²) < 4.78 is 10.9. The molecule has 0 radical (unpaired) electrons. The maximum absolute atomic E-state index is 12.3. The molecule has 138 valence electrons. The molecule has 0 saturated carbocycles. The minimum Gasteiger partial charge on any atom is -0.479 e. The summed E-state index contributed by atoms with van der Waals surface area (Å²) in [4.78, 5) is 24.2. The minimum absolute atomic E-state index is 0.105. The van der Waals surface area contributed by atoms with Crippen molar-refractivity contribution in [2.24, 2.45) is 0 Å². The van der Waals surface area contributed by atoms with Gasteiger partial charge in [-0.15, -0.1) is 0 Å². The zero-order valence-electron chi connectivity index (χ0n) is 14.3. The maximum Gasteiger partial charge on any atom is 0.334 e. The normalized spacial score (nSPS) is 17.7. The zero-order chi connectivity index (χ0) is 18.3. The number of rotatable bonds is 8. The average molecular weight is 370 g/mol. The van der Waals surface area contributed by atoms with E-state index in [-0.39, 0.29) is 31.5 Å². The lowest BCUT2D eigenvalue weighted by Gasteiger charge is -2.30. The molecule has 1 aliphatic heterocycles. The van der Waals surface area contributed by atoms with Gasteiger partial charge in [0.25, 0.3) is 0 Å². The number of carboxylic acids is 1. The minimum atomic E-state index is -1.47. The number of carboxylic acid groups (broad SMARTS) is 1. The standard InChI is InChI=1S/C18H24ClNO5/c1-2-18(17(22)23,13-3-5-14(19)6-4-13)20-16(21)9-12-25-15-7-10-24-11-8-15/h3-6,15H,2,7-12H2,1H3,(H,20,21)(H,22,23). The number of benzene rings is 1. The predicted octanol–water partition coefficient (Wildman–Crippen LogP) is 2.73. The Morgan fingerprint density at radius 2 is 1.96 bits per heavy atom. The van der Waals surface area contributed by atoms with Crippen LogP contribution >= 0.6 is 11.6 Å². The van der Waals surface area contributed by atoms with Crippen LogP contribution < -0.4 is 5.32 Å². The summed E-state index contributed by atoms with van der Waals surface area (Å²) >= 11 is 5.87. The molecule has 1 aromatic rings. The smallest absolute Gasteiger partial charge is 0.334 e. The number of carbonyl (C=O) groups excluding carboxylic acids is 1. The molecule has 1 unspecified atom stereocenters. The van der Waals surface area contributed by atoms with Crippen LogP contribution in [0.25, 0.3) is 0 Å². The molecule has 1 saturated heterocycles. The second-order valence-electron chi connectivity index (χ2n) is 6.05. The number of ether oxygens (including phenoxy) is 2. The van der Waals surface area contributed by atoms with Crippen LogP contribution in [-0.2, 0) is 24.6 Å². The topological polar surface area (TPSA) is 84.9 Å². The van der Waals surface area contributed by atoms with E-state index in [0.717, 1.165) is 12.8 Å². The van der Waals surface area contributed by atoms with E-state index in [2.05, 4.69) is 5.32 Å². The van der Waals surface area contributed by atoms with Crippen LogP contribution in [0.2, 0.25) is 5.02 Å². The number of hydrogen-bond acceptors (Lipinski definition) is 4.